The average Bonchev–Trinajstić information content (AvgIpc) is 2.25. The zero-order valence-corrected chi connectivity index (χ0v) is 10.7. The second-order valence-corrected chi connectivity index (χ2v) is 3.11. The molecular weight excluding hydrogens is 254 g/mol. The van der Waals surface area contributed by atoms with Gasteiger partial charge in [-0.25, -0.2) is 0 Å². The van der Waals surface area contributed by atoms with Gasteiger partial charge in [0.2, 0.25) is 0 Å². The molecule has 1 unspecified atom stereocenters. The van der Waals surface area contributed by atoms with Crippen LogP contribution in [0.1, 0.15) is 21.1 Å². The Labute approximate surface area is 121 Å². The van der Waals surface area contributed by atoms with Crippen LogP contribution in [0.5, 0.6) is 0 Å². The van der Waals surface area contributed by atoms with Crippen molar-refractivity contribution in [2.75, 3.05) is 0 Å². The summed E-state index contributed by atoms with van der Waals surface area (Å²) in [4.78, 5) is 31.2. The number of carboxylic acids is 1. The van der Waals surface area contributed by atoms with E-state index in [-0.39, 0.29) is 31.5 Å². The number of esters is 1. The molecule has 1 aromatic rings. The molecule has 7 nitrogen and oxygen atoms in total. The molecule has 0 heterocycles. The number of nitro groups is 1. The quantitative estimate of drug-likeness (QED) is 0.211. The van der Waals surface area contributed by atoms with Crippen molar-refractivity contribution in [3.8, 4) is 0 Å². The van der Waals surface area contributed by atoms with Crippen LogP contribution in [0.15, 0.2) is 30.3 Å². The molecule has 0 saturated carbocycles. The average molecular weight is 266 g/mol. The van der Waals surface area contributed by atoms with Crippen molar-refractivity contribution in [1.29, 1.82) is 0 Å². The minimum absolute atomic E-state index is 0. The van der Waals surface area contributed by atoms with E-state index in [1.54, 1.807) is 18.2 Å². The molecule has 1 aromatic carbocycles. The van der Waals surface area contributed by atoms with Gasteiger partial charge in [0, 0.05) is 0 Å². The summed E-state index contributed by atoms with van der Waals surface area (Å²) in [6, 6.07) is 7.59. The summed E-state index contributed by atoms with van der Waals surface area (Å²) >= 11 is 0. The van der Waals surface area contributed by atoms with Crippen molar-refractivity contribution in [3.05, 3.63) is 46.0 Å². The monoisotopic (exact) mass is 265 g/mol. The number of hydrogen-bond donors (Lipinski definition) is 1. The van der Waals surface area contributed by atoms with Crippen LogP contribution in [0.2, 0.25) is 0 Å². The Morgan fingerprint density at radius 3 is 2.39 bits per heavy atom. The number of nitrogens with zero attached hydrogens (tertiary/aromatic N) is 1. The minimum Gasteiger partial charge on any atom is -1.00 e. The second kappa shape index (κ2) is 7.61. The predicted molar refractivity (Wildman–Crippen MR) is 62.5 cm³/mol. The van der Waals surface area contributed by atoms with Crippen molar-refractivity contribution in [3.63, 3.8) is 0 Å². The van der Waals surface area contributed by atoms with Gasteiger partial charge in [0.25, 0.3) is 0 Å². The SMILES string of the molecule is O=C(O)CC(=O)OC(c1ccccc1)[N+](=O)[O-].[H-].[H-].[Mg+2]. The molecule has 0 radical (unpaired) electrons. The Kier molecular flexibility index (Phi) is 6.91. The van der Waals surface area contributed by atoms with E-state index in [1.807, 2.05) is 0 Å². The summed E-state index contributed by atoms with van der Waals surface area (Å²) in [5.41, 5.74) is 0.177. The van der Waals surface area contributed by atoms with Crippen LogP contribution in [0, 0.1) is 10.1 Å². The molecule has 0 fully saturated rings. The Bertz CT molecular complexity index is 445. The van der Waals surface area contributed by atoms with E-state index >= 15 is 0 Å². The first-order valence-corrected chi connectivity index (χ1v) is 4.60. The number of aliphatic carboxylic acids is 1. The van der Waals surface area contributed by atoms with Gasteiger partial charge < -0.3 is 12.7 Å². The van der Waals surface area contributed by atoms with E-state index in [9.17, 15) is 19.7 Å². The molecule has 1 N–H and O–H groups in total. The van der Waals surface area contributed by atoms with E-state index in [0.717, 1.165) is 0 Å². The number of carboxylic acid groups (broad SMARTS) is 1. The molecule has 1 rings (SSSR count). The van der Waals surface area contributed by atoms with Crippen molar-refractivity contribution in [2.24, 2.45) is 0 Å². The number of carbonyl (C=O) groups excluding carboxylic acids is 1. The van der Waals surface area contributed by atoms with E-state index in [2.05, 4.69) is 4.74 Å². The molecule has 0 amide bonds. The molecule has 8 heteroatoms. The molecule has 94 valence electrons. The van der Waals surface area contributed by atoms with Gasteiger partial charge in [0.15, 0.2) is 0 Å². The van der Waals surface area contributed by atoms with E-state index in [4.69, 9.17) is 5.11 Å². The predicted octanol–water partition coefficient (Wildman–Crippen LogP) is 0.824. The van der Waals surface area contributed by atoms with Gasteiger partial charge in [-0.2, -0.15) is 0 Å². The maximum atomic E-state index is 11.0. The normalized spacial score (nSPS) is 10.9. The topological polar surface area (TPSA) is 107 Å². The summed E-state index contributed by atoms with van der Waals surface area (Å²) in [5.74, 6) is -2.55. The standard InChI is InChI=1S/C10H9NO6.Mg.2H/c12-8(13)6-9(14)17-10(11(15)16)7-4-2-1-3-5-7;;;/h1-5,10H,6H2,(H,12,13);;;/q;+2;2*-1. The summed E-state index contributed by atoms with van der Waals surface area (Å²) in [5, 5.41) is 19.0. The number of ether oxygens (including phenoxy) is 1. The van der Waals surface area contributed by atoms with Crippen LogP contribution < -0.4 is 0 Å². The first-order valence-electron chi connectivity index (χ1n) is 4.60. The smallest absolute Gasteiger partial charge is 1.00 e. The Morgan fingerprint density at radius 1 is 1.39 bits per heavy atom. The fraction of sp³-hybridized carbons (Fsp3) is 0.200. The van der Waals surface area contributed by atoms with Gasteiger partial charge in [-0.3, -0.25) is 19.7 Å². The summed E-state index contributed by atoms with van der Waals surface area (Å²) in [6.07, 6.45) is -2.58. The van der Waals surface area contributed by atoms with Gasteiger partial charge in [0.05, 0.1) is 10.5 Å². The third-order valence-electron chi connectivity index (χ3n) is 1.81. The summed E-state index contributed by atoms with van der Waals surface area (Å²) in [6.45, 7) is 0. The molecule has 0 spiro atoms. The summed E-state index contributed by atoms with van der Waals surface area (Å²) < 4.78 is 4.49. The van der Waals surface area contributed by atoms with Gasteiger partial charge in [-0.05, 0) is 12.1 Å². The maximum Gasteiger partial charge on any atom is 2.00 e. The number of rotatable bonds is 5. The number of hydrogen-bond acceptors (Lipinski definition) is 5. The van der Waals surface area contributed by atoms with Crippen LogP contribution in [-0.4, -0.2) is 45.0 Å². The Balaban J connectivity index is -0.000000963. The number of benzene rings is 1. The van der Waals surface area contributed by atoms with Crippen LogP contribution in [-0.2, 0) is 14.3 Å². The molecule has 0 aliphatic heterocycles. The van der Waals surface area contributed by atoms with Gasteiger partial charge in [-0.1, -0.05) is 18.2 Å². The fourth-order valence-corrected chi connectivity index (χ4v) is 1.14. The fourth-order valence-electron chi connectivity index (χ4n) is 1.14. The zero-order chi connectivity index (χ0) is 12.8. The van der Waals surface area contributed by atoms with Crippen LogP contribution in [0.4, 0.5) is 0 Å². The Hall–Kier alpha value is -1.67. The third kappa shape index (κ3) is 5.10. The van der Waals surface area contributed by atoms with Crippen molar-refractivity contribution < 1.29 is 27.2 Å². The van der Waals surface area contributed by atoms with Crippen LogP contribution in [0.25, 0.3) is 0 Å². The molecule has 0 aromatic heterocycles. The summed E-state index contributed by atoms with van der Waals surface area (Å²) in [7, 11) is 0. The van der Waals surface area contributed by atoms with Gasteiger partial charge in [0.1, 0.15) is 6.42 Å². The van der Waals surface area contributed by atoms with E-state index < -0.39 is 29.5 Å². The van der Waals surface area contributed by atoms with Gasteiger partial charge >= 0.3 is 41.2 Å². The first-order chi connectivity index (χ1) is 8.00. The minimum atomic E-state index is -1.68. The third-order valence-corrected chi connectivity index (χ3v) is 1.81. The van der Waals surface area contributed by atoms with Gasteiger partial charge in [-0.15, -0.1) is 0 Å². The van der Waals surface area contributed by atoms with E-state index in [0.29, 0.717) is 0 Å². The van der Waals surface area contributed by atoms with Crippen molar-refractivity contribution in [2.45, 2.75) is 12.6 Å². The second-order valence-electron chi connectivity index (χ2n) is 3.11. The van der Waals surface area contributed by atoms with Crippen molar-refractivity contribution in [1.82, 2.24) is 0 Å². The van der Waals surface area contributed by atoms with Crippen LogP contribution >= 0.6 is 0 Å². The molecule has 0 bridgehead atoms. The Morgan fingerprint density at radius 2 is 1.94 bits per heavy atom. The molecule has 1 atom stereocenters. The zero-order valence-electron chi connectivity index (χ0n) is 11.3. The van der Waals surface area contributed by atoms with Crippen LogP contribution in [0.3, 0.4) is 0 Å². The molecule has 0 aliphatic carbocycles. The molecule has 0 saturated heterocycles. The maximum absolute atomic E-state index is 11.0. The first kappa shape index (κ1) is 16.3. The largest absolute Gasteiger partial charge is 2.00 e. The van der Waals surface area contributed by atoms with Crippen molar-refractivity contribution >= 4 is 35.0 Å². The molecule has 0 aliphatic rings. The molecule has 18 heavy (non-hydrogen) atoms. The van der Waals surface area contributed by atoms with E-state index in [1.165, 1.54) is 12.1 Å². The number of carbonyl (C=O) groups is 2. The molecular formula is C10H11MgNO6.